The number of aliphatic hydroxyl groups is 1. The lowest BCUT2D eigenvalue weighted by Crippen LogP contribution is -2.66. The van der Waals surface area contributed by atoms with Crippen LogP contribution in [0.2, 0.25) is 0 Å². The SMILES string of the molecule is CO[C@H]1O[C@H](COCc2ccccc2)[C@H](O)[C@H](O[C@H]2O[C@H](COC(=O)c3ccccc3)[C@H](OC(=O)c3ccccc3)[C@H](OCc3ccccc3)[C@H]2OCc2ccccc2)[C@H]1OCc1ccccc1. The summed E-state index contributed by atoms with van der Waals surface area (Å²) in [6.07, 6.45) is -11.7. The summed E-state index contributed by atoms with van der Waals surface area (Å²) in [7, 11) is 1.49. The van der Waals surface area contributed by atoms with Crippen molar-refractivity contribution in [1.82, 2.24) is 0 Å². The van der Waals surface area contributed by atoms with Crippen molar-refractivity contribution in [3.8, 4) is 0 Å². The van der Waals surface area contributed by atoms with Gasteiger partial charge in [0.15, 0.2) is 18.7 Å². The van der Waals surface area contributed by atoms with Crippen LogP contribution in [0, 0.1) is 0 Å². The lowest BCUT2D eigenvalue weighted by atomic mass is 9.96. The summed E-state index contributed by atoms with van der Waals surface area (Å²) in [6, 6.07) is 55.3. The molecule has 0 amide bonds. The van der Waals surface area contributed by atoms with Crippen LogP contribution in [0.15, 0.2) is 182 Å². The second-order valence-corrected chi connectivity index (χ2v) is 16.4. The molecule has 68 heavy (non-hydrogen) atoms. The fraction of sp³-hybridized carbons (Fsp3) is 0.309. The van der Waals surface area contributed by atoms with Crippen molar-refractivity contribution in [3.63, 3.8) is 0 Å². The molecule has 1 N–H and O–H groups in total. The van der Waals surface area contributed by atoms with Gasteiger partial charge in [0.2, 0.25) is 0 Å². The van der Waals surface area contributed by atoms with Gasteiger partial charge in [-0.15, -0.1) is 0 Å². The van der Waals surface area contributed by atoms with Crippen LogP contribution in [0.4, 0.5) is 0 Å². The summed E-state index contributed by atoms with van der Waals surface area (Å²) in [5.41, 5.74) is 4.05. The largest absolute Gasteiger partial charge is 0.459 e. The van der Waals surface area contributed by atoms with Crippen molar-refractivity contribution in [2.75, 3.05) is 20.3 Å². The van der Waals surface area contributed by atoms with Crippen molar-refractivity contribution < 1.29 is 62.1 Å². The topological polar surface area (TPSA) is 147 Å². The van der Waals surface area contributed by atoms with E-state index in [1.54, 1.807) is 60.7 Å². The van der Waals surface area contributed by atoms with Gasteiger partial charge >= 0.3 is 11.9 Å². The zero-order chi connectivity index (χ0) is 46.9. The molecule has 0 radical (unpaired) electrons. The predicted octanol–water partition coefficient (Wildman–Crippen LogP) is 7.88. The highest BCUT2D eigenvalue weighted by Gasteiger charge is 2.55. The molecule has 2 saturated heterocycles. The maximum absolute atomic E-state index is 14.1. The summed E-state index contributed by atoms with van der Waals surface area (Å²) >= 11 is 0. The molecule has 0 unspecified atom stereocenters. The summed E-state index contributed by atoms with van der Waals surface area (Å²) in [5, 5.41) is 12.4. The highest BCUT2D eigenvalue weighted by Crippen LogP contribution is 2.36. The molecule has 2 heterocycles. The van der Waals surface area contributed by atoms with Gasteiger partial charge < -0.3 is 52.5 Å². The van der Waals surface area contributed by atoms with Crippen LogP contribution in [-0.4, -0.2) is 98.8 Å². The number of hydrogen-bond acceptors (Lipinski definition) is 13. The Balaban J connectivity index is 1.17. The van der Waals surface area contributed by atoms with Gasteiger partial charge in [-0.1, -0.05) is 158 Å². The third kappa shape index (κ3) is 13.1. The Kier molecular flexibility index (Phi) is 17.6. The second kappa shape index (κ2) is 24.8. The van der Waals surface area contributed by atoms with Gasteiger partial charge in [0.05, 0.1) is 44.2 Å². The molecule has 0 spiro atoms. The smallest absolute Gasteiger partial charge is 0.338 e. The van der Waals surface area contributed by atoms with Gasteiger partial charge in [-0.25, -0.2) is 9.59 Å². The number of carbonyl (C=O) groups excluding carboxylic acids is 2. The number of carbonyl (C=O) groups is 2. The zero-order valence-electron chi connectivity index (χ0n) is 37.7. The molecule has 2 aliphatic heterocycles. The van der Waals surface area contributed by atoms with E-state index in [9.17, 15) is 14.7 Å². The first-order valence-electron chi connectivity index (χ1n) is 22.7. The van der Waals surface area contributed by atoms with E-state index in [1.807, 2.05) is 121 Å². The van der Waals surface area contributed by atoms with Crippen LogP contribution in [0.3, 0.4) is 0 Å². The highest BCUT2D eigenvalue weighted by molar-refractivity contribution is 5.90. The van der Waals surface area contributed by atoms with Crippen LogP contribution in [0.25, 0.3) is 0 Å². The number of esters is 2. The summed E-state index contributed by atoms with van der Waals surface area (Å²) in [4.78, 5) is 27.6. The first kappa shape index (κ1) is 48.4. The molecule has 6 aromatic rings. The molecule has 354 valence electrons. The first-order valence-corrected chi connectivity index (χ1v) is 22.7. The summed E-state index contributed by atoms with van der Waals surface area (Å²) < 4.78 is 64.7. The normalized spacial score (nSPS) is 24.7. The fourth-order valence-electron chi connectivity index (χ4n) is 8.08. The average molecular weight is 925 g/mol. The lowest BCUT2D eigenvalue weighted by Gasteiger charge is -2.49. The molecule has 13 heteroatoms. The first-order chi connectivity index (χ1) is 33.4. The van der Waals surface area contributed by atoms with Crippen molar-refractivity contribution in [1.29, 1.82) is 0 Å². The third-order valence-electron chi connectivity index (χ3n) is 11.6. The number of ether oxygens (including phenoxy) is 10. The van der Waals surface area contributed by atoms with E-state index < -0.39 is 80.0 Å². The standard InChI is InChI=1S/C55H56O13/c1-59-54-50(62-34-40-24-12-4-13-25-40)48(46(56)44(65-54)36-60-32-38-20-8-2-9-21-38)68-55-51(63-35-41-26-14-5-15-27-41)49(61-33-39-22-10-3-11-23-39)47(67-53(58)43-30-18-7-19-31-43)45(66-55)37-64-52(57)42-28-16-6-17-29-42/h2-31,44-51,54-56H,32-37H2,1H3/t44-,45-,46+,47+,48+,49+,50-,51-,54+,55-/m1/s1. The molecule has 0 saturated carbocycles. The number of rotatable bonds is 21. The summed E-state index contributed by atoms with van der Waals surface area (Å²) in [5.74, 6) is -1.29. The molecule has 2 aliphatic rings. The average Bonchev–Trinajstić information content (AvgIpc) is 3.39. The maximum atomic E-state index is 14.1. The predicted molar refractivity (Wildman–Crippen MR) is 249 cm³/mol. The van der Waals surface area contributed by atoms with Crippen molar-refractivity contribution in [2.24, 2.45) is 0 Å². The number of hydrogen-bond donors (Lipinski definition) is 1. The minimum absolute atomic E-state index is 0.0287. The molecular formula is C55H56O13. The quantitative estimate of drug-likeness (QED) is 0.0699. The molecular weight excluding hydrogens is 869 g/mol. The Bertz CT molecular complexity index is 2400. The Morgan fingerprint density at radius 3 is 1.35 bits per heavy atom. The van der Waals surface area contributed by atoms with Gasteiger partial charge in [0.1, 0.15) is 49.3 Å². The van der Waals surface area contributed by atoms with Gasteiger partial charge in [0, 0.05) is 7.11 Å². The Morgan fingerprint density at radius 2 is 0.868 bits per heavy atom. The number of benzene rings is 6. The van der Waals surface area contributed by atoms with Gasteiger partial charge in [-0.3, -0.25) is 0 Å². The Labute approximate surface area is 396 Å². The minimum atomic E-state index is -1.38. The van der Waals surface area contributed by atoms with E-state index in [0.29, 0.717) is 5.56 Å². The maximum Gasteiger partial charge on any atom is 0.338 e. The molecule has 13 nitrogen and oxygen atoms in total. The molecule has 8 rings (SSSR count). The molecule has 10 atom stereocenters. The van der Waals surface area contributed by atoms with E-state index in [2.05, 4.69) is 0 Å². The van der Waals surface area contributed by atoms with E-state index in [0.717, 1.165) is 22.3 Å². The lowest BCUT2D eigenvalue weighted by molar-refractivity contribution is -0.370. The second-order valence-electron chi connectivity index (χ2n) is 16.4. The highest BCUT2D eigenvalue weighted by atomic mass is 16.8. The van der Waals surface area contributed by atoms with Crippen LogP contribution in [-0.2, 0) is 73.8 Å². The van der Waals surface area contributed by atoms with Gasteiger partial charge in [0.25, 0.3) is 0 Å². The van der Waals surface area contributed by atoms with Crippen LogP contribution in [0.1, 0.15) is 43.0 Å². The zero-order valence-corrected chi connectivity index (χ0v) is 37.7. The van der Waals surface area contributed by atoms with Crippen LogP contribution < -0.4 is 0 Å². The Morgan fingerprint density at radius 1 is 0.456 bits per heavy atom. The monoisotopic (exact) mass is 924 g/mol. The van der Waals surface area contributed by atoms with Crippen molar-refractivity contribution in [3.05, 3.63) is 215 Å². The van der Waals surface area contributed by atoms with Crippen LogP contribution >= 0.6 is 0 Å². The fourth-order valence-corrected chi connectivity index (χ4v) is 8.08. The van der Waals surface area contributed by atoms with E-state index in [1.165, 1.54) is 7.11 Å². The molecule has 0 aromatic heterocycles. The minimum Gasteiger partial charge on any atom is -0.459 e. The molecule has 0 bridgehead atoms. The van der Waals surface area contributed by atoms with Crippen molar-refractivity contribution in [2.45, 2.75) is 87.8 Å². The third-order valence-corrected chi connectivity index (χ3v) is 11.6. The van der Waals surface area contributed by atoms with E-state index in [4.69, 9.17) is 47.4 Å². The van der Waals surface area contributed by atoms with E-state index >= 15 is 0 Å². The van der Waals surface area contributed by atoms with Crippen molar-refractivity contribution >= 4 is 11.9 Å². The molecule has 0 aliphatic carbocycles. The molecule has 6 aromatic carbocycles. The number of methoxy groups -OCH3 is 1. The van der Waals surface area contributed by atoms with Crippen LogP contribution in [0.5, 0.6) is 0 Å². The molecule has 2 fully saturated rings. The number of aliphatic hydroxyl groups excluding tert-OH is 1. The summed E-state index contributed by atoms with van der Waals surface area (Å²) in [6.45, 7) is 0.0895. The van der Waals surface area contributed by atoms with Gasteiger partial charge in [-0.2, -0.15) is 0 Å². The Hall–Kier alpha value is -6.10. The van der Waals surface area contributed by atoms with E-state index in [-0.39, 0.29) is 38.6 Å². The van der Waals surface area contributed by atoms with Gasteiger partial charge in [-0.05, 0) is 46.5 Å².